The Bertz CT molecular complexity index is 269. The van der Waals surface area contributed by atoms with E-state index in [1.54, 1.807) is 12.4 Å². The zero-order valence-electron chi connectivity index (χ0n) is 8.73. The molecule has 0 saturated carbocycles. The van der Waals surface area contributed by atoms with Gasteiger partial charge in [0.25, 0.3) is 0 Å². The summed E-state index contributed by atoms with van der Waals surface area (Å²) >= 11 is 0. The molecule has 19 heavy (non-hydrogen) atoms. The molecule has 0 N–H and O–H groups in total. The van der Waals surface area contributed by atoms with E-state index in [9.17, 15) is 0 Å². The molecule has 0 fully saturated rings. The Balaban J connectivity index is -0.0000000796. The molecule has 0 aliphatic heterocycles. The molecule has 1 aromatic heterocycles. The van der Waals surface area contributed by atoms with Crippen LogP contribution in [0.1, 0.15) is 0 Å². The van der Waals surface area contributed by atoms with Crippen molar-refractivity contribution in [3.63, 3.8) is 0 Å². The minimum absolute atomic E-state index is 0. The molecule has 0 unspecified atom stereocenters. The van der Waals surface area contributed by atoms with Crippen molar-refractivity contribution in [3.05, 3.63) is 76.6 Å². The van der Waals surface area contributed by atoms with Crippen LogP contribution in [-0.2, 0) is 0 Å². The van der Waals surface area contributed by atoms with Gasteiger partial charge in [-0.3, -0.25) is 4.98 Å². The van der Waals surface area contributed by atoms with Gasteiger partial charge in [0, 0.05) is 12.4 Å². The van der Waals surface area contributed by atoms with Crippen LogP contribution in [0.3, 0.4) is 0 Å². The van der Waals surface area contributed by atoms with Gasteiger partial charge in [0.05, 0.1) is 15.3 Å². The van der Waals surface area contributed by atoms with E-state index in [2.05, 4.69) is 4.98 Å². The molecule has 1 aromatic rings. The maximum Gasteiger partial charge on any atom is 3.00 e. The van der Waals surface area contributed by atoms with Crippen LogP contribution in [0.4, 0.5) is 0 Å². The molecular formula is C5H5EuN4O9. The summed E-state index contributed by atoms with van der Waals surface area (Å²) in [4.78, 5) is 28.5. The Morgan fingerprint density at radius 2 is 0.842 bits per heavy atom. The van der Waals surface area contributed by atoms with E-state index in [1.165, 1.54) is 0 Å². The maximum atomic E-state index is 8.25. The third-order valence-corrected chi connectivity index (χ3v) is 0.566. The first-order valence-electron chi connectivity index (χ1n) is 3.49. The molecule has 106 valence electrons. The van der Waals surface area contributed by atoms with Crippen molar-refractivity contribution in [1.29, 1.82) is 0 Å². The number of pyridine rings is 1. The zero-order chi connectivity index (χ0) is 15.0. The van der Waals surface area contributed by atoms with Crippen LogP contribution in [0.5, 0.6) is 0 Å². The SMILES string of the molecule is O=[N+]([O-])[O-].O=[N+]([O-])[O-].O=[N+]([O-])[O-].[Eu+3].c1ccncc1. The normalized spacial score (nSPS) is 6.32. The van der Waals surface area contributed by atoms with E-state index in [0.717, 1.165) is 0 Å². The van der Waals surface area contributed by atoms with Gasteiger partial charge in [-0.1, -0.05) is 6.07 Å². The molecule has 0 aliphatic carbocycles. The summed E-state index contributed by atoms with van der Waals surface area (Å²) in [5.41, 5.74) is 0. The number of hydrogen-bond acceptors (Lipinski definition) is 10. The van der Waals surface area contributed by atoms with E-state index in [1.807, 2.05) is 18.2 Å². The summed E-state index contributed by atoms with van der Waals surface area (Å²) in [7, 11) is 0. The van der Waals surface area contributed by atoms with Crippen molar-refractivity contribution >= 4 is 0 Å². The van der Waals surface area contributed by atoms with E-state index in [-0.39, 0.29) is 49.4 Å². The van der Waals surface area contributed by atoms with Crippen molar-refractivity contribution in [3.8, 4) is 0 Å². The van der Waals surface area contributed by atoms with Crippen molar-refractivity contribution in [2.75, 3.05) is 0 Å². The molecule has 0 amide bonds. The van der Waals surface area contributed by atoms with E-state index < -0.39 is 15.3 Å². The molecule has 0 radical (unpaired) electrons. The molecule has 14 heteroatoms. The average molecular weight is 417 g/mol. The largest absolute Gasteiger partial charge is 3.00 e. The molecule has 1 rings (SSSR count). The van der Waals surface area contributed by atoms with Crippen LogP contribution >= 0.6 is 0 Å². The van der Waals surface area contributed by atoms with Gasteiger partial charge in [-0.05, 0) is 12.1 Å². The standard InChI is InChI=1S/C5H5N.Eu.3NO3/c1-2-4-6-5-3-1;;3*2-1(3)4/h1-5H;;;;/q;+3;3*-1. The quantitative estimate of drug-likeness (QED) is 0.417. The molecule has 0 spiro atoms. The molecular weight excluding hydrogens is 412 g/mol. The first-order valence-corrected chi connectivity index (χ1v) is 3.49. The molecule has 0 bridgehead atoms. The Kier molecular flexibility index (Phi) is 29.6. The van der Waals surface area contributed by atoms with Gasteiger partial charge in [-0.2, -0.15) is 0 Å². The van der Waals surface area contributed by atoms with Crippen LogP contribution in [0, 0.1) is 95.3 Å². The fourth-order valence-electron chi connectivity index (χ4n) is 0.313. The molecule has 0 saturated heterocycles. The average Bonchev–Trinajstić information content (AvgIpc) is 2.17. The summed E-state index contributed by atoms with van der Waals surface area (Å²) in [6.07, 6.45) is 3.50. The summed E-state index contributed by atoms with van der Waals surface area (Å²) in [5.74, 6) is 0. The molecule has 0 atom stereocenters. The summed E-state index contributed by atoms with van der Waals surface area (Å²) in [5, 5.41) is 44.2. The predicted molar refractivity (Wildman–Crippen MR) is 55.3 cm³/mol. The topological polar surface area (TPSA) is 211 Å². The van der Waals surface area contributed by atoms with Gasteiger partial charge in [0.15, 0.2) is 0 Å². The van der Waals surface area contributed by atoms with E-state index in [0.29, 0.717) is 0 Å². The smallest absolute Gasteiger partial charge is 0.356 e. The first-order chi connectivity index (χ1) is 8.20. The minimum Gasteiger partial charge on any atom is -0.356 e. The number of nitrogens with zero attached hydrogens (tertiary/aromatic N) is 4. The van der Waals surface area contributed by atoms with Gasteiger partial charge in [0.1, 0.15) is 0 Å². The second kappa shape index (κ2) is 21.6. The second-order valence-electron chi connectivity index (χ2n) is 1.70. The Labute approximate surface area is 145 Å². The summed E-state index contributed by atoms with van der Waals surface area (Å²) in [6.45, 7) is 0. The van der Waals surface area contributed by atoms with Crippen molar-refractivity contribution in [1.82, 2.24) is 4.98 Å². The van der Waals surface area contributed by atoms with Crippen LogP contribution < -0.4 is 0 Å². The fraction of sp³-hybridized carbons (Fsp3) is 0. The van der Waals surface area contributed by atoms with Crippen molar-refractivity contribution in [2.45, 2.75) is 0 Å². The Morgan fingerprint density at radius 1 is 0.632 bits per heavy atom. The van der Waals surface area contributed by atoms with Crippen LogP contribution in [-0.4, -0.2) is 20.2 Å². The Morgan fingerprint density at radius 3 is 0.895 bits per heavy atom. The maximum absolute atomic E-state index is 8.25. The number of aromatic nitrogens is 1. The first kappa shape index (κ1) is 26.0. The second-order valence-corrected chi connectivity index (χ2v) is 1.70. The molecule has 0 aromatic carbocycles. The van der Waals surface area contributed by atoms with Crippen molar-refractivity contribution in [2.24, 2.45) is 0 Å². The van der Waals surface area contributed by atoms with E-state index >= 15 is 0 Å². The van der Waals surface area contributed by atoms with Gasteiger partial charge in [-0.25, -0.2) is 0 Å². The fourth-order valence-corrected chi connectivity index (χ4v) is 0.313. The van der Waals surface area contributed by atoms with Gasteiger partial charge in [-0.15, -0.1) is 0 Å². The monoisotopic (exact) mass is 418 g/mol. The zero-order valence-corrected chi connectivity index (χ0v) is 11.2. The third kappa shape index (κ3) is 179. The predicted octanol–water partition coefficient (Wildman–Crippen LogP) is 0.364. The van der Waals surface area contributed by atoms with Crippen LogP contribution in [0.15, 0.2) is 30.6 Å². The minimum atomic E-state index is -1.75. The van der Waals surface area contributed by atoms with Crippen molar-refractivity contribution < 1.29 is 64.6 Å². The van der Waals surface area contributed by atoms with Crippen LogP contribution in [0.25, 0.3) is 0 Å². The molecule has 1 heterocycles. The number of rotatable bonds is 0. The number of hydrogen-bond donors (Lipinski definition) is 0. The Hall–Kier alpha value is -1.67. The summed E-state index contributed by atoms with van der Waals surface area (Å²) in [6, 6.07) is 5.72. The van der Waals surface area contributed by atoms with E-state index in [4.69, 9.17) is 46.0 Å². The van der Waals surface area contributed by atoms with Gasteiger partial charge < -0.3 is 46.0 Å². The molecule has 13 nitrogen and oxygen atoms in total. The van der Waals surface area contributed by atoms with Gasteiger partial charge >= 0.3 is 49.4 Å². The third-order valence-electron chi connectivity index (χ3n) is 0.566. The van der Waals surface area contributed by atoms with Crippen LogP contribution in [0.2, 0.25) is 0 Å². The van der Waals surface area contributed by atoms with Gasteiger partial charge in [0.2, 0.25) is 0 Å². The summed E-state index contributed by atoms with van der Waals surface area (Å²) < 4.78 is 0. The molecule has 0 aliphatic rings.